The van der Waals surface area contributed by atoms with E-state index in [4.69, 9.17) is 23.2 Å². The Morgan fingerprint density at radius 1 is 1.19 bits per heavy atom. The van der Waals surface area contributed by atoms with E-state index in [9.17, 15) is 13.2 Å². The van der Waals surface area contributed by atoms with Crippen LogP contribution in [0.15, 0.2) is 52.4 Å². The lowest BCUT2D eigenvalue weighted by molar-refractivity contribution is -0.129. The fourth-order valence-electron chi connectivity index (χ4n) is 3.24. The number of amides is 1. The van der Waals surface area contributed by atoms with Crippen LogP contribution in [0.3, 0.4) is 0 Å². The smallest absolute Gasteiger partial charge is 0.223 e. The molecule has 1 aliphatic rings. The number of benzene rings is 2. The summed E-state index contributed by atoms with van der Waals surface area (Å²) >= 11 is 11.9. The number of nitrogens with zero attached hydrogens (tertiary/aromatic N) is 2. The fourth-order valence-corrected chi connectivity index (χ4v) is 5.18. The molecule has 1 heterocycles. The van der Waals surface area contributed by atoms with Crippen molar-refractivity contribution in [2.75, 3.05) is 39.1 Å². The van der Waals surface area contributed by atoms with Crippen LogP contribution in [0.5, 0.6) is 0 Å². The van der Waals surface area contributed by atoms with Crippen LogP contribution in [-0.4, -0.2) is 64.2 Å². The summed E-state index contributed by atoms with van der Waals surface area (Å²) in [6.07, 6.45) is 0.928. The van der Waals surface area contributed by atoms with Crippen molar-refractivity contribution in [3.63, 3.8) is 0 Å². The number of rotatable bonds is 10. The molecule has 0 atom stereocenters. The molecule has 7 nitrogen and oxygen atoms in total. The minimum absolute atomic E-state index is 0.00676. The predicted molar refractivity (Wildman–Crippen MR) is 128 cm³/mol. The van der Waals surface area contributed by atoms with Gasteiger partial charge in [0.05, 0.1) is 21.5 Å². The number of carbonyl (C=O) groups is 1. The van der Waals surface area contributed by atoms with Gasteiger partial charge in [-0.25, -0.2) is 8.42 Å². The van der Waals surface area contributed by atoms with Crippen LogP contribution in [-0.2, 0) is 21.1 Å². The van der Waals surface area contributed by atoms with Crippen molar-refractivity contribution in [1.82, 2.24) is 15.5 Å². The first kappa shape index (κ1) is 24.5. The van der Waals surface area contributed by atoms with Crippen molar-refractivity contribution in [1.29, 1.82) is 0 Å². The molecule has 0 radical (unpaired) electrons. The molecule has 172 valence electrons. The lowest BCUT2D eigenvalue weighted by Crippen LogP contribution is -2.33. The van der Waals surface area contributed by atoms with Crippen LogP contribution < -0.4 is 10.6 Å². The quantitative estimate of drug-likeness (QED) is 0.493. The van der Waals surface area contributed by atoms with E-state index in [0.29, 0.717) is 6.54 Å². The molecule has 2 N–H and O–H groups in total. The van der Waals surface area contributed by atoms with Gasteiger partial charge in [-0.1, -0.05) is 53.5 Å². The second-order valence-corrected chi connectivity index (χ2v) is 10.2. The van der Waals surface area contributed by atoms with Gasteiger partial charge in [0, 0.05) is 38.7 Å². The predicted octanol–water partition coefficient (Wildman–Crippen LogP) is 2.76. The number of carbonyl (C=O) groups excluding carboxylic acids is 1. The lowest BCUT2D eigenvalue weighted by atomic mass is 10.1. The number of aliphatic imine (C=N–C) groups is 1. The summed E-state index contributed by atoms with van der Waals surface area (Å²) in [6, 6.07) is 12.6. The van der Waals surface area contributed by atoms with Crippen LogP contribution in [0.4, 0.5) is 0 Å². The third kappa shape index (κ3) is 6.45. The maximum absolute atomic E-state index is 12.4. The van der Waals surface area contributed by atoms with E-state index in [-0.39, 0.29) is 39.7 Å². The summed E-state index contributed by atoms with van der Waals surface area (Å²) in [5, 5.41) is 6.25. The summed E-state index contributed by atoms with van der Waals surface area (Å²) in [5.74, 6) is 0.545. The molecule has 0 bridgehead atoms. The third-order valence-corrected chi connectivity index (χ3v) is 7.65. The number of hydrogen-bond acceptors (Lipinski definition) is 6. The first-order valence-corrected chi connectivity index (χ1v) is 12.7. The highest BCUT2D eigenvalue weighted by Gasteiger charge is 2.19. The Morgan fingerprint density at radius 2 is 1.94 bits per heavy atom. The van der Waals surface area contributed by atoms with Gasteiger partial charge in [0.1, 0.15) is 11.7 Å². The Kier molecular flexibility index (Phi) is 8.53. The molecule has 32 heavy (non-hydrogen) atoms. The van der Waals surface area contributed by atoms with E-state index in [0.717, 1.165) is 36.5 Å². The van der Waals surface area contributed by atoms with Crippen molar-refractivity contribution >= 4 is 44.8 Å². The minimum Gasteiger partial charge on any atom is -0.368 e. The van der Waals surface area contributed by atoms with Gasteiger partial charge in [-0.05, 0) is 24.1 Å². The number of halogens is 2. The molecule has 0 spiro atoms. The van der Waals surface area contributed by atoms with Gasteiger partial charge in [0.15, 0.2) is 9.84 Å². The third-order valence-electron chi connectivity index (χ3n) is 5.12. The average molecular weight is 497 g/mol. The maximum Gasteiger partial charge on any atom is 0.223 e. The minimum atomic E-state index is -3.65. The first-order valence-electron chi connectivity index (χ1n) is 10.3. The van der Waals surface area contributed by atoms with Gasteiger partial charge in [-0.15, -0.1) is 0 Å². The zero-order valence-electron chi connectivity index (χ0n) is 17.8. The molecule has 1 aliphatic heterocycles. The molecule has 2 aromatic rings. The van der Waals surface area contributed by atoms with Gasteiger partial charge in [-0.2, -0.15) is 0 Å². The highest BCUT2D eigenvalue weighted by molar-refractivity contribution is 7.91. The van der Waals surface area contributed by atoms with E-state index >= 15 is 0 Å². The summed E-state index contributed by atoms with van der Waals surface area (Å²) in [7, 11) is -1.91. The van der Waals surface area contributed by atoms with Crippen LogP contribution in [0.1, 0.15) is 17.5 Å². The SMILES string of the molecule is CN(CCc1ccc(C2=NCCN2)cc1)C(=O)CCNCS(=O)(=O)c1cccc(Cl)c1Cl. The highest BCUT2D eigenvalue weighted by Crippen LogP contribution is 2.29. The molecular weight excluding hydrogens is 471 g/mol. The van der Waals surface area contributed by atoms with Gasteiger partial charge < -0.3 is 15.5 Å². The molecule has 0 fully saturated rings. The fraction of sp³-hybridized carbons (Fsp3) is 0.364. The average Bonchev–Trinajstić information content (AvgIpc) is 3.32. The van der Waals surface area contributed by atoms with Gasteiger partial charge in [-0.3, -0.25) is 9.79 Å². The zero-order chi connectivity index (χ0) is 23.1. The number of nitrogens with one attached hydrogen (secondary N) is 2. The summed E-state index contributed by atoms with van der Waals surface area (Å²) < 4.78 is 24.9. The Balaban J connectivity index is 1.40. The summed E-state index contributed by atoms with van der Waals surface area (Å²) in [6.45, 7) is 2.50. The molecule has 0 aromatic heterocycles. The van der Waals surface area contributed by atoms with Crippen LogP contribution in [0.25, 0.3) is 0 Å². The monoisotopic (exact) mass is 496 g/mol. The van der Waals surface area contributed by atoms with Crippen LogP contribution in [0, 0.1) is 0 Å². The maximum atomic E-state index is 12.4. The molecular formula is C22H26Cl2N4O3S. The second kappa shape index (κ2) is 11.1. The Hall–Kier alpha value is -2.13. The van der Waals surface area contributed by atoms with Crippen LogP contribution >= 0.6 is 23.2 Å². The Labute approximate surface area is 198 Å². The molecule has 0 saturated carbocycles. The second-order valence-electron chi connectivity index (χ2n) is 7.48. The van der Waals surface area contributed by atoms with Crippen LogP contribution in [0.2, 0.25) is 10.0 Å². The van der Waals surface area contributed by atoms with Crippen molar-refractivity contribution in [3.8, 4) is 0 Å². The molecule has 1 amide bonds. The molecule has 0 aliphatic carbocycles. The first-order chi connectivity index (χ1) is 15.3. The van der Waals surface area contributed by atoms with E-state index in [1.807, 2.05) is 24.3 Å². The standard InChI is InChI=1S/C22H26Cl2N4O3S/c1-28(14-10-16-5-7-17(8-6-16)22-26-12-13-27-22)20(29)9-11-25-15-32(30,31)19-4-2-3-18(23)21(19)24/h2-8,25H,9-15H2,1H3,(H,26,27). The van der Waals surface area contributed by atoms with Crippen molar-refractivity contribution in [2.24, 2.45) is 4.99 Å². The van der Waals surface area contributed by atoms with Gasteiger partial charge in [0.25, 0.3) is 0 Å². The van der Waals surface area contributed by atoms with E-state index in [1.54, 1.807) is 11.9 Å². The normalized spacial score (nSPS) is 13.5. The number of likely N-dealkylation sites (N-methyl/N-ethyl adjacent to an activating group) is 1. The zero-order valence-corrected chi connectivity index (χ0v) is 20.1. The Morgan fingerprint density at radius 3 is 2.62 bits per heavy atom. The topological polar surface area (TPSA) is 90.9 Å². The van der Waals surface area contributed by atoms with E-state index < -0.39 is 9.84 Å². The highest BCUT2D eigenvalue weighted by atomic mass is 35.5. The lowest BCUT2D eigenvalue weighted by Gasteiger charge is -2.17. The van der Waals surface area contributed by atoms with E-state index in [2.05, 4.69) is 15.6 Å². The van der Waals surface area contributed by atoms with E-state index in [1.165, 1.54) is 18.2 Å². The number of amidine groups is 1. The molecule has 2 aromatic carbocycles. The summed E-state index contributed by atoms with van der Waals surface area (Å²) in [4.78, 5) is 18.4. The largest absolute Gasteiger partial charge is 0.368 e. The van der Waals surface area contributed by atoms with Crippen molar-refractivity contribution in [3.05, 3.63) is 63.6 Å². The number of hydrogen-bond donors (Lipinski definition) is 2. The van der Waals surface area contributed by atoms with Gasteiger partial charge >= 0.3 is 0 Å². The van der Waals surface area contributed by atoms with Gasteiger partial charge in [0.2, 0.25) is 5.91 Å². The summed E-state index contributed by atoms with van der Waals surface area (Å²) in [5.41, 5.74) is 2.20. The molecule has 3 rings (SSSR count). The molecule has 0 unspecified atom stereocenters. The molecule has 10 heteroatoms. The Bertz CT molecular complexity index is 1090. The van der Waals surface area contributed by atoms with Crippen molar-refractivity contribution < 1.29 is 13.2 Å². The molecule has 0 saturated heterocycles. The van der Waals surface area contributed by atoms with Crippen molar-refractivity contribution in [2.45, 2.75) is 17.7 Å². The number of sulfone groups is 1.